The van der Waals surface area contributed by atoms with E-state index in [9.17, 15) is 8.42 Å². The number of benzene rings is 2. The molecule has 0 aromatic heterocycles. The Morgan fingerprint density at radius 2 is 1.94 bits per heavy atom. The molecule has 166 valence electrons. The van der Waals surface area contributed by atoms with Crippen LogP contribution in [0.1, 0.15) is 18.4 Å². The summed E-state index contributed by atoms with van der Waals surface area (Å²) in [5.41, 5.74) is 0.772. The Hall–Kier alpha value is -2.13. The summed E-state index contributed by atoms with van der Waals surface area (Å²) in [7, 11) is -1.89. The van der Waals surface area contributed by atoms with Crippen LogP contribution in [0.5, 0.6) is 5.75 Å². The summed E-state index contributed by atoms with van der Waals surface area (Å²) in [6.45, 7) is 2.98. The lowest BCUT2D eigenvalue weighted by molar-refractivity contribution is 0.241. The molecule has 2 heterocycles. The second kappa shape index (κ2) is 9.16. The van der Waals surface area contributed by atoms with Crippen LogP contribution in [0.2, 0.25) is 5.02 Å². The van der Waals surface area contributed by atoms with Crippen molar-refractivity contribution < 1.29 is 13.2 Å². The van der Waals surface area contributed by atoms with Gasteiger partial charge in [-0.05, 0) is 54.8 Å². The van der Waals surface area contributed by atoms with Crippen LogP contribution in [0, 0.1) is 0 Å². The highest BCUT2D eigenvalue weighted by molar-refractivity contribution is 7.89. The van der Waals surface area contributed by atoms with Crippen LogP contribution >= 0.6 is 11.6 Å². The van der Waals surface area contributed by atoms with E-state index in [4.69, 9.17) is 21.3 Å². The van der Waals surface area contributed by atoms with E-state index in [1.807, 2.05) is 24.3 Å². The Kier molecular flexibility index (Phi) is 6.52. The molecule has 2 aliphatic rings. The van der Waals surface area contributed by atoms with Crippen LogP contribution in [-0.2, 0) is 16.6 Å². The highest BCUT2D eigenvalue weighted by Gasteiger charge is 2.43. The van der Waals surface area contributed by atoms with Crippen molar-refractivity contribution in [2.24, 2.45) is 4.99 Å². The highest BCUT2D eigenvalue weighted by atomic mass is 35.5. The number of halogens is 1. The maximum absolute atomic E-state index is 13.0. The lowest BCUT2D eigenvalue weighted by atomic mass is 9.85. The standard InChI is InChI=1S/C22H27ClN4O3S/c1-30-19-4-2-3-17(15-19)16-25-21-22(26-12-11-24-21)9-13-27(14-10-22)31(28,29)20-7-5-18(23)6-8-20/h2-8,15,26H,9-14,16H2,1H3,(H,24,25). The minimum Gasteiger partial charge on any atom is -0.497 e. The molecule has 4 rings (SSSR count). The van der Waals surface area contributed by atoms with Gasteiger partial charge in [-0.25, -0.2) is 8.42 Å². The molecule has 31 heavy (non-hydrogen) atoms. The average molecular weight is 463 g/mol. The molecular weight excluding hydrogens is 436 g/mol. The molecule has 0 radical (unpaired) electrons. The third-order valence-electron chi connectivity index (χ3n) is 5.92. The van der Waals surface area contributed by atoms with E-state index in [0.717, 1.165) is 23.7 Å². The van der Waals surface area contributed by atoms with Gasteiger partial charge in [0.1, 0.15) is 11.6 Å². The number of ether oxygens (including phenoxy) is 1. The fourth-order valence-electron chi connectivity index (χ4n) is 4.17. The SMILES string of the molecule is COc1cccc(CNC2=NCCNC23CCN(S(=O)(=O)c2ccc(Cl)cc2)CC3)c1. The van der Waals surface area contributed by atoms with Gasteiger partial charge in [-0.15, -0.1) is 0 Å². The number of aliphatic imine (C=N–C) groups is 1. The summed E-state index contributed by atoms with van der Waals surface area (Å²) in [4.78, 5) is 5.02. The Labute approximate surface area is 188 Å². The van der Waals surface area contributed by atoms with Crippen LogP contribution < -0.4 is 15.4 Å². The predicted octanol–water partition coefficient (Wildman–Crippen LogP) is 2.66. The van der Waals surface area contributed by atoms with Crippen molar-refractivity contribution in [1.29, 1.82) is 0 Å². The van der Waals surface area contributed by atoms with E-state index in [2.05, 4.69) is 10.6 Å². The molecule has 9 heteroatoms. The minimum atomic E-state index is -3.54. The fourth-order valence-corrected chi connectivity index (χ4v) is 5.74. The van der Waals surface area contributed by atoms with Gasteiger partial charge >= 0.3 is 0 Å². The number of rotatable bonds is 5. The quantitative estimate of drug-likeness (QED) is 0.713. The van der Waals surface area contributed by atoms with E-state index >= 15 is 0 Å². The Morgan fingerprint density at radius 3 is 2.65 bits per heavy atom. The summed E-state index contributed by atoms with van der Waals surface area (Å²) in [5.74, 6) is 1.73. The molecule has 0 amide bonds. The number of sulfonamides is 1. The first-order valence-corrected chi connectivity index (χ1v) is 12.2. The highest BCUT2D eigenvalue weighted by Crippen LogP contribution is 2.29. The van der Waals surface area contributed by atoms with Crippen molar-refractivity contribution >= 4 is 27.5 Å². The molecule has 0 saturated carbocycles. The molecule has 1 saturated heterocycles. The molecule has 1 fully saturated rings. The second-order valence-corrected chi connectivity index (χ2v) is 10.2. The molecular formula is C22H27ClN4O3S. The van der Waals surface area contributed by atoms with Crippen molar-refractivity contribution in [3.05, 3.63) is 59.1 Å². The molecule has 0 atom stereocenters. The van der Waals surface area contributed by atoms with Gasteiger partial charge in [0.25, 0.3) is 0 Å². The zero-order valence-electron chi connectivity index (χ0n) is 17.5. The number of methoxy groups -OCH3 is 1. The van der Waals surface area contributed by atoms with Gasteiger partial charge in [-0.3, -0.25) is 4.99 Å². The largest absolute Gasteiger partial charge is 0.497 e. The van der Waals surface area contributed by atoms with Gasteiger partial charge in [0.15, 0.2) is 0 Å². The van der Waals surface area contributed by atoms with Gasteiger partial charge in [0.2, 0.25) is 10.0 Å². The van der Waals surface area contributed by atoms with Gasteiger partial charge in [-0.2, -0.15) is 4.31 Å². The lowest BCUT2D eigenvalue weighted by Crippen LogP contribution is -2.64. The molecule has 2 aromatic carbocycles. The second-order valence-electron chi connectivity index (χ2n) is 7.80. The summed E-state index contributed by atoms with van der Waals surface area (Å²) < 4.78 is 32.9. The average Bonchev–Trinajstić information content (AvgIpc) is 2.79. The number of piperidine rings is 1. The van der Waals surface area contributed by atoms with Crippen LogP contribution in [0.4, 0.5) is 0 Å². The van der Waals surface area contributed by atoms with Crippen LogP contribution in [-0.4, -0.2) is 57.4 Å². The molecule has 7 nitrogen and oxygen atoms in total. The Bertz CT molecular complexity index is 1050. The number of nitrogens with one attached hydrogen (secondary N) is 2. The first-order valence-electron chi connectivity index (χ1n) is 10.4. The van der Waals surface area contributed by atoms with Crippen molar-refractivity contribution in [2.45, 2.75) is 29.8 Å². The summed E-state index contributed by atoms with van der Waals surface area (Å²) in [6, 6.07) is 14.3. The smallest absolute Gasteiger partial charge is 0.243 e. The predicted molar refractivity (Wildman–Crippen MR) is 122 cm³/mol. The fraction of sp³-hybridized carbons (Fsp3) is 0.409. The monoisotopic (exact) mass is 462 g/mol. The number of hydrogen-bond donors (Lipinski definition) is 2. The molecule has 2 aliphatic heterocycles. The molecule has 0 unspecified atom stereocenters. The Morgan fingerprint density at radius 1 is 1.19 bits per heavy atom. The van der Waals surface area contributed by atoms with Crippen molar-refractivity contribution in [3.63, 3.8) is 0 Å². The first-order chi connectivity index (χ1) is 14.9. The zero-order chi connectivity index (χ0) is 21.9. The van der Waals surface area contributed by atoms with Gasteiger partial charge in [0.05, 0.1) is 24.1 Å². The molecule has 0 bridgehead atoms. The van der Waals surface area contributed by atoms with Gasteiger partial charge in [0, 0.05) is 31.2 Å². The summed E-state index contributed by atoms with van der Waals surface area (Å²) >= 11 is 5.91. The molecule has 0 aliphatic carbocycles. The van der Waals surface area contributed by atoms with E-state index in [1.54, 1.807) is 35.7 Å². The number of amidine groups is 1. The molecule has 2 N–H and O–H groups in total. The summed E-state index contributed by atoms with van der Waals surface area (Å²) in [5, 5.41) is 7.62. The maximum atomic E-state index is 13.0. The number of nitrogens with zero attached hydrogens (tertiary/aromatic N) is 2. The minimum absolute atomic E-state index is 0.273. The third kappa shape index (κ3) is 4.72. The van der Waals surface area contributed by atoms with E-state index in [1.165, 1.54) is 0 Å². The topological polar surface area (TPSA) is 83.0 Å². The third-order valence-corrected chi connectivity index (χ3v) is 8.08. The van der Waals surface area contributed by atoms with E-state index in [-0.39, 0.29) is 10.4 Å². The maximum Gasteiger partial charge on any atom is 0.243 e. The normalized spacial score (nSPS) is 19.1. The van der Waals surface area contributed by atoms with Crippen molar-refractivity contribution in [1.82, 2.24) is 14.9 Å². The zero-order valence-corrected chi connectivity index (χ0v) is 19.0. The lowest BCUT2D eigenvalue weighted by Gasteiger charge is -2.44. The van der Waals surface area contributed by atoms with Crippen LogP contribution in [0.15, 0.2) is 58.4 Å². The van der Waals surface area contributed by atoms with Crippen LogP contribution in [0.25, 0.3) is 0 Å². The van der Waals surface area contributed by atoms with E-state index in [0.29, 0.717) is 44.0 Å². The number of hydrogen-bond acceptors (Lipinski definition) is 6. The van der Waals surface area contributed by atoms with Crippen LogP contribution in [0.3, 0.4) is 0 Å². The summed E-state index contributed by atoms with van der Waals surface area (Å²) in [6.07, 6.45) is 1.31. The van der Waals surface area contributed by atoms with Crippen molar-refractivity contribution in [2.75, 3.05) is 33.3 Å². The van der Waals surface area contributed by atoms with E-state index < -0.39 is 10.0 Å². The van der Waals surface area contributed by atoms with Gasteiger partial charge < -0.3 is 15.4 Å². The Balaban J connectivity index is 1.44. The van der Waals surface area contributed by atoms with Crippen molar-refractivity contribution in [3.8, 4) is 5.75 Å². The van der Waals surface area contributed by atoms with Gasteiger partial charge in [-0.1, -0.05) is 23.7 Å². The molecule has 2 aromatic rings. The molecule has 1 spiro atoms. The first kappa shape index (κ1) is 22.1.